The molecule has 1 saturated carbocycles. The number of hydrogen-bond donors (Lipinski definition) is 1. The maximum absolute atomic E-state index is 12.6. The van der Waals surface area contributed by atoms with Gasteiger partial charge in [-0.15, -0.1) is 0 Å². The van der Waals surface area contributed by atoms with Gasteiger partial charge in [0.2, 0.25) is 0 Å². The van der Waals surface area contributed by atoms with Gasteiger partial charge in [-0.2, -0.15) is 0 Å². The Morgan fingerprint density at radius 2 is 1.88 bits per heavy atom. The van der Waals surface area contributed by atoms with Gasteiger partial charge in [-0.05, 0) is 40.0 Å². The van der Waals surface area contributed by atoms with Crippen LogP contribution in [0, 0.1) is 0 Å². The van der Waals surface area contributed by atoms with Gasteiger partial charge in [-0.25, -0.2) is 19.6 Å². The van der Waals surface area contributed by atoms with Crippen molar-refractivity contribution >= 4 is 36.7 Å². The van der Waals surface area contributed by atoms with E-state index in [0.717, 1.165) is 25.8 Å². The molecule has 138 valence electrons. The van der Waals surface area contributed by atoms with Crippen molar-refractivity contribution in [3.8, 4) is 0 Å². The van der Waals surface area contributed by atoms with Crippen LogP contribution in [0.5, 0.6) is 0 Å². The van der Waals surface area contributed by atoms with Crippen LogP contribution in [0.1, 0.15) is 50.5 Å². The molecule has 2 aliphatic rings. The van der Waals surface area contributed by atoms with Crippen molar-refractivity contribution in [2.24, 2.45) is 0 Å². The van der Waals surface area contributed by atoms with Gasteiger partial charge in [0.25, 0.3) is 0 Å². The first-order valence-electron chi connectivity index (χ1n) is 8.56. The fourth-order valence-electron chi connectivity index (χ4n) is 3.04. The van der Waals surface area contributed by atoms with Crippen LogP contribution >= 0.6 is 0 Å². The zero-order valence-corrected chi connectivity index (χ0v) is 14.8. The summed E-state index contributed by atoms with van der Waals surface area (Å²) < 4.78 is 5.57. The molecular weight excluding hydrogens is 331 g/mol. The summed E-state index contributed by atoms with van der Waals surface area (Å²) in [6.07, 6.45) is 5.34. The van der Waals surface area contributed by atoms with Crippen molar-refractivity contribution in [3.63, 3.8) is 0 Å². The molecule has 0 bridgehead atoms. The molecule has 2 heterocycles. The molecule has 1 aliphatic carbocycles. The third-order valence-corrected chi connectivity index (χ3v) is 4.28. The summed E-state index contributed by atoms with van der Waals surface area (Å²) in [5.74, 6) is -0.462. The number of carbonyl (C=O) groups is 2. The summed E-state index contributed by atoms with van der Waals surface area (Å²) in [6.45, 7) is 7.01. The van der Waals surface area contributed by atoms with Gasteiger partial charge >= 0.3 is 30.9 Å². The summed E-state index contributed by atoms with van der Waals surface area (Å²) in [4.78, 5) is 35.5. The van der Waals surface area contributed by atoms with Gasteiger partial charge in [0.15, 0.2) is 5.69 Å². The first-order chi connectivity index (χ1) is 11.7. The Morgan fingerprint density at radius 3 is 2.38 bits per heavy atom. The Hall–Kier alpha value is -1.78. The number of carboxylic acids is 1. The second-order valence-electron chi connectivity index (χ2n) is 7.57. The first kappa shape index (κ1) is 20.5. The van der Waals surface area contributed by atoms with Crippen molar-refractivity contribution < 1.29 is 19.4 Å². The summed E-state index contributed by atoms with van der Waals surface area (Å²) in [6, 6.07) is 0.337. The predicted molar refractivity (Wildman–Crippen MR) is 97.9 cm³/mol. The quantitative estimate of drug-likeness (QED) is 0.817. The molecule has 9 heteroatoms. The molecule has 1 N–H and O–H groups in total. The minimum absolute atomic E-state index is 0. The van der Waals surface area contributed by atoms with E-state index in [1.54, 1.807) is 0 Å². The molecule has 1 saturated heterocycles. The molecule has 1 aliphatic heterocycles. The van der Waals surface area contributed by atoms with E-state index in [-0.39, 0.29) is 42.7 Å². The Bertz CT molecular complexity index is 658. The molecule has 0 aromatic carbocycles. The zero-order chi connectivity index (χ0) is 18.2. The Labute approximate surface area is 165 Å². The standard InChI is InChI=1S/C17H24N4O4.Li.H/c1-17(2,3)25-16(24)21(11-4-5-11)12-6-7-20(10-12)14-9-18-13(8-19-14)15(22)23;;/h8-9,11-12H,4-7,10H2,1-3H3,(H,22,23);;/t12-;;/m1../s1. The van der Waals surface area contributed by atoms with Gasteiger partial charge in [0.1, 0.15) is 11.4 Å². The number of carboxylic acid groups (broad SMARTS) is 1. The van der Waals surface area contributed by atoms with Crippen molar-refractivity contribution in [2.45, 2.75) is 57.7 Å². The third-order valence-electron chi connectivity index (χ3n) is 4.28. The molecule has 26 heavy (non-hydrogen) atoms. The number of nitrogens with zero attached hydrogens (tertiary/aromatic N) is 4. The molecule has 1 amide bonds. The number of amides is 1. The molecule has 0 unspecified atom stereocenters. The summed E-state index contributed by atoms with van der Waals surface area (Å²) in [5, 5.41) is 8.90. The molecule has 8 nitrogen and oxygen atoms in total. The number of hydrogen-bond acceptors (Lipinski definition) is 6. The number of ether oxygens (including phenoxy) is 1. The monoisotopic (exact) mass is 356 g/mol. The molecule has 0 spiro atoms. The van der Waals surface area contributed by atoms with Crippen LogP contribution in [0.2, 0.25) is 0 Å². The topological polar surface area (TPSA) is 95.9 Å². The van der Waals surface area contributed by atoms with Crippen LogP contribution in [0.15, 0.2) is 12.4 Å². The maximum atomic E-state index is 12.6. The van der Waals surface area contributed by atoms with E-state index in [0.29, 0.717) is 12.4 Å². The van der Waals surface area contributed by atoms with Crippen LogP contribution in [0.3, 0.4) is 0 Å². The van der Waals surface area contributed by atoms with Crippen LogP contribution in [-0.4, -0.2) is 81.7 Å². The molecule has 2 fully saturated rings. The van der Waals surface area contributed by atoms with E-state index in [9.17, 15) is 9.59 Å². The number of anilines is 1. The number of carbonyl (C=O) groups excluding carboxylic acids is 1. The van der Waals surface area contributed by atoms with E-state index in [1.807, 2.05) is 30.6 Å². The molecule has 0 radical (unpaired) electrons. The molecule has 3 rings (SSSR count). The Balaban J connectivity index is 0.00000243. The summed E-state index contributed by atoms with van der Waals surface area (Å²) in [7, 11) is 0. The van der Waals surface area contributed by atoms with Gasteiger partial charge in [0.05, 0.1) is 18.4 Å². The Morgan fingerprint density at radius 1 is 1.19 bits per heavy atom. The number of rotatable bonds is 4. The van der Waals surface area contributed by atoms with Gasteiger partial charge in [-0.3, -0.25) is 0 Å². The van der Waals surface area contributed by atoms with Crippen molar-refractivity contribution in [1.29, 1.82) is 0 Å². The van der Waals surface area contributed by atoms with E-state index in [4.69, 9.17) is 9.84 Å². The van der Waals surface area contributed by atoms with Crippen LogP contribution in [-0.2, 0) is 4.74 Å². The second kappa shape index (κ2) is 7.85. The van der Waals surface area contributed by atoms with Crippen molar-refractivity contribution in [1.82, 2.24) is 14.9 Å². The fraction of sp³-hybridized carbons (Fsp3) is 0.647. The molecule has 1 aromatic heterocycles. The molecule has 1 atom stereocenters. The SMILES string of the molecule is CC(C)(C)OC(=O)N(C1CC1)[C@@H]1CCN(c2cnc(C(=O)O)cn2)C1.[LiH]. The zero-order valence-electron chi connectivity index (χ0n) is 14.8. The van der Waals surface area contributed by atoms with Gasteiger partial charge in [-0.1, -0.05) is 0 Å². The third kappa shape index (κ3) is 4.89. The molecule has 1 aromatic rings. The van der Waals surface area contributed by atoms with Crippen molar-refractivity contribution in [3.05, 3.63) is 18.1 Å². The first-order valence-corrected chi connectivity index (χ1v) is 8.56. The average Bonchev–Trinajstić information content (AvgIpc) is 3.22. The minimum atomic E-state index is -1.09. The number of aromatic carboxylic acids is 1. The van der Waals surface area contributed by atoms with Crippen LogP contribution in [0.4, 0.5) is 10.6 Å². The fourth-order valence-corrected chi connectivity index (χ4v) is 3.04. The van der Waals surface area contributed by atoms with Crippen LogP contribution < -0.4 is 4.90 Å². The van der Waals surface area contributed by atoms with E-state index < -0.39 is 11.6 Å². The normalized spacial score (nSPS) is 19.7. The summed E-state index contributed by atoms with van der Waals surface area (Å²) >= 11 is 0. The van der Waals surface area contributed by atoms with Gasteiger partial charge < -0.3 is 19.6 Å². The van der Waals surface area contributed by atoms with Gasteiger partial charge in [0, 0.05) is 19.1 Å². The second-order valence-corrected chi connectivity index (χ2v) is 7.57. The Kier molecular flexibility index (Phi) is 6.20. The summed E-state index contributed by atoms with van der Waals surface area (Å²) in [5.41, 5.74) is -0.589. The predicted octanol–water partition coefficient (Wildman–Crippen LogP) is 1.50. The van der Waals surface area contributed by atoms with Crippen LogP contribution in [0.25, 0.3) is 0 Å². The van der Waals surface area contributed by atoms with E-state index in [2.05, 4.69) is 9.97 Å². The number of aromatic nitrogens is 2. The van der Waals surface area contributed by atoms with E-state index >= 15 is 0 Å². The van der Waals surface area contributed by atoms with Crippen molar-refractivity contribution in [2.75, 3.05) is 18.0 Å². The molecular formula is C17H25LiN4O4. The van der Waals surface area contributed by atoms with E-state index in [1.165, 1.54) is 12.4 Å². The average molecular weight is 356 g/mol.